The second-order valence-corrected chi connectivity index (χ2v) is 5.41. The fourth-order valence-electron chi connectivity index (χ4n) is 1.32. The van der Waals surface area contributed by atoms with Crippen molar-refractivity contribution in [3.05, 3.63) is 0 Å². The molecular formula is C11H23NO3. The Bertz CT molecular complexity index is 220. The molecule has 0 aliphatic rings. The van der Waals surface area contributed by atoms with Crippen LogP contribution >= 0.6 is 0 Å². The average molecular weight is 217 g/mol. The van der Waals surface area contributed by atoms with E-state index in [4.69, 9.17) is 10.5 Å². The van der Waals surface area contributed by atoms with Crippen LogP contribution in [0, 0.1) is 5.92 Å². The number of aliphatic hydroxyl groups is 1. The predicted molar refractivity (Wildman–Crippen MR) is 59.3 cm³/mol. The van der Waals surface area contributed by atoms with Gasteiger partial charge in [-0.2, -0.15) is 0 Å². The van der Waals surface area contributed by atoms with Crippen LogP contribution in [-0.2, 0) is 9.53 Å². The summed E-state index contributed by atoms with van der Waals surface area (Å²) >= 11 is 0. The van der Waals surface area contributed by atoms with Gasteiger partial charge in [-0.1, -0.05) is 13.8 Å². The molecule has 0 spiro atoms. The molecule has 1 atom stereocenters. The van der Waals surface area contributed by atoms with Crippen molar-refractivity contribution in [2.45, 2.75) is 52.2 Å². The molecule has 0 heterocycles. The Hall–Kier alpha value is -0.610. The third-order valence-electron chi connectivity index (χ3n) is 1.86. The summed E-state index contributed by atoms with van der Waals surface area (Å²) in [5, 5.41) is 9.18. The van der Waals surface area contributed by atoms with Crippen LogP contribution in [0.15, 0.2) is 0 Å². The second kappa shape index (κ2) is 4.94. The molecule has 0 radical (unpaired) electrons. The number of nitrogens with two attached hydrogens (primary N) is 1. The lowest BCUT2D eigenvalue weighted by atomic mass is 9.90. The Kier molecular flexibility index (Phi) is 4.74. The van der Waals surface area contributed by atoms with E-state index in [0.717, 1.165) is 0 Å². The molecule has 0 rings (SSSR count). The summed E-state index contributed by atoms with van der Waals surface area (Å²) in [7, 11) is 0. The topological polar surface area (TPSA) is 72.5 Å². The smallest absolute Gasteiger partial charge is 0.329 e. The minimum atomic E-state index is -1.28. The zero-order valence-corrected chi connectivity index (χ0v) is 10.3. The van der Waals surface area contributed by atoms with E-state index >= 15 is 0 Å². The highest BCUT2D eigenvalue weighted by Crippen LogP contribution is 2.19. The highest BCUT2D eigenvalue weighted by atomic mass is 16.6. The normalized spacial score (nSPS) is 16.3. The van der Waals surface area contributed by atoms with Crippen LogP contribution in [-0.4, -0.2) is 28.8 Å². The maximum Gasteiger partial charge on any atom is 0.329 e. The molecule has 0 saturated heterocycles. The molecule has 0 aliphatic carbocycles. The van der Waals surface area contributed by atoms with Gasteiger partial charge in [0, 0.05) is 0 Å². The number of carbonyl (C=O) groups excluding carboxylic acids is 1. The van der Waals surface area contributed by atoms with E-state index in [2.05, 4.69) is 0 Å². The van der Waals surface area contributed by atoms with Gasteiger partial charge in [-0.05, 0) is 33.1 Å². The van der Waals surface area contributed by atoms with Gasteiger partial charge in [-0.3, -0.25) is 0 Å². The first-order valence-electron chi connectivity index (χ1n) is 5.24. The first-order valence-corrected chi connectivity index (χ1v) is 5.24. The van der Waals surface area contributed by atoms with Crippen molar-refractivity contribution in [3.63, 3.8) is 0 Å². The summed E-state index contributed by atoms with van der Waals surface area (Å²) in [5.41, 5.74) is 3.97. The molecule has 90 valence electrons. The molecule has 0 amide bonds. The fraction of sp³-hybridized carbons (Fsp3) is 0.909. The molecule has 0 saturated carbocycles. The average Bonchev–Trinajstić information content (AvgIpc) is 1.99. The first kappa shape index (κ1) is 14.4. The molecule has 0 aromatic rings. The van der Waals surface area contributed by atoms with E-state index in [0.29, 0.717) is 6.42 Å². The zero-order valence-electron chi connectivity index (χ0n) is 10.3. The molecule has 0 fully saturated rings. The largest absolute Gasteiger partial charge is 0.459 e. The van der Waals surface area contributed by atoms with Crippen molar-refractivity contribution < 1.29 is 14.6 Å². The third-order valence-corrected chi connectivity index (χ3v) is 1.86. The molecule has 4 nitrogen and oxygen atoms in total. The summed E-state index contributed by atoms with van der Waals surface area (Å²) in [6.07, 6.45) is 0.415. The highest BCUT2D eigenvalue weighted by Gasteiger charge is 2.37. The number of ether oxygens (including phenoxy) is 1. The molecule has 0 aromatic heterocycles. The second-order valence-electron chi connectivity index (χ2n) is 5.41. The lowest BCUT2D eigenvalue weighted by molar-refractivity contribution is -0.164. The Balaban J connectivity index is 4.59. The van der Waals surface area contributed by atoms with Crippen LogP contribution in [0.3, 0.4) is 0 Å². The first-order chi connectivity index (χ1) is 6.60. The molecule has 0 aromatic carbocycles. The fourth-order valence-corrected chi connectivity index (χ4v) is 1.32. The van der Waals surface area contributed by atoms with E-state index in [1.165, 1.54) is 0 Å². The quantitative estimate of drug-likeness (QED) is 0.691. The third kappa shape index (κ3) is 5.14. The van der Waals surface area contributed by atoms with Gasteiger partial charge in [0.1, 0.15) is 11.1 Å². The van der Waals surface area contributed by atoms with Crippen LogP contribution in [0.1, 0.15) is 41.0 Å². The van der Waals surface area contributed by atoms with E-state index in [1.807, 2.05) is 13.8 Å². The zero-order chi connectivity index (χ0) is 12.3. The summed E-state index contributed by atoms with van der Waals surface area (Å²) in [6, 6.07) is 0. The SMILES string of the molecule is CC(C)C[C@](N)(CO)C(=O)OC(C)(C)C. The van der Waals surface area contributed by atoms with Gasteiger partial charge in [0.2, 0.25) is 0 Å². The molecule has 0 unspecified atom stereocenters. The predicted octanol–water partition coefficient (Wildman–Crippen LogP) is 1.06. The van der Waals surface area contributed by atoms with E-state index < -0.39 is 17.1 Å². The summed E-state index contributed by atoms with van der Waals surface area (Å²) in [5.74, 6) is -0.305. The van der Waals surface area contributed by atoms with Crippen molar-refractivity contribution >= 4 is 5.97 Å². The minimum Gasteiger partial charge on any atom is -0.459 e. The maximum absolute atomic E-state index is 11.7. The van der Waals surface area contributed by atoms with E-state index in [-0.39, 0.29) is 12.5 Å². The van der Waals surface area contributed by atoms with E-state index in [9.17, 15) is 9.90 Å². The number of esters is 1. The number of rotatable bonds is 4. The van der Waals surface area contributed by atoms with Crippen molar-refractivity contribution in [2.75, 3.05) is 6.61 Å². The Morgan fingerprint density at radius 2 is 1.87 bits per heavy atom. The number of aliphatic hydroxyl groups excluding tert-OH is 1. The monoisotopic (exact) mass is 217 g/mol. The van der Waals surface area contributed by atoms with Crippen LogP contribution in [0.25, 0.3) is 0 Å². The molecule has 4 heteroatoms. The lowest BCUT2D eigenvalue weighted by Gasteiger charge is -2.30. The molecule has 0 aliphatic heterocycles. The Labute approximate surface area is 91.8 Å². The van der Waals surface area contributed by atoms with Crippen LogP contribution in [0.5, 0.6) is 0 Å². The van der Waals surface area contributed by atoms with Gasteiger partial charge < -0.3 is 15.6 Å². The van der Waals surface area contributed by atoms with Gasteiger partial charge in [-0.15, -0.1) is 0 Å². The van der Waals surface area contributed by atoms with Crippen LogP contribution < -0.4 is 5.73 Å². The van der Waals surface area contributed by atoms with Gasteiger partial charge in [0.05, 0.1) is 6.61 Å². The molecule has 15 heavy (non-hydrogen) atoms. The summed E-state index contributed by atoms with van der Waals surface area (Å²) in [6.45, 7) is 8.83. The van der Waals surface area contributed by atoms with Crippen molar-refractivity contribution in [3.8, 4) is 0 Å². The van der Waals surface area contributed by atoms with Crippen molar-refractivity contribution in [2.24, 2.45) is 11.7 Å². The molecule has 3 N–H and O–H groups in total. The molecule has 0 bridgehead atoms. The Morgan fingerprint density at radius 3 is 2.13 bits per heavy atom. The summed E-state index contributed by atoms with van der Waals surface area (Å²) in [4.78, 5) is 11.7. The summed E-state index contributed by atoms with van der Waals surface area (Å²) < 4.78 is 5.17. The Morgan fingerprint density at radius 1 is 1.40 bits per heavy atom. The number of carbonyl (C=O) groups is 1. The minimum absolute atomic E-state index is 0.231. The van der Waals surface area contributed by atoms with Crippen LogP contribution in [0.4, 0.5) is 0 Å². The van der Waals surface area contributed by atoms with Gasteiger partial charge >= 0.3 is 5.97 Å². The number of hydrogen-bond donors (Lipinski definition) is 2. The lowest BCUT2D eigenvalue weighted by Crippen LogP contribution is -2.54. The van der Waals surface area contributed by atoms with Crippen molar-refractivity contribution in [1.82, 2.24) is 0 Å². The molecular weight excluding hydrogens is 194 g/mol. The van der Waals surface area contributed by atoms with Gasteiger partial charge in [0.15, 0.2) is 0 Å². The highest BCUT2D eigenvalue weighted by molar-refractivity contribution is 5.81. The standard InChI is InChI=1S/C11H23NO3/c1-8(2)6-11(12,7-13)9(14)15-10(3,4)5/h8,13H,6-7,12H2,1-5H3/t11-/m0/s1. The number of hydrogen-bond acceptors (Lipinski definition) is 4. The van der Waals surface area contributed by atoms with Gasteiger partial charge in [-0.25, -0.2) is 4.79 Å². The van der Waals surface area contributed by atoms with Crippen molar-refractivity contribution in [1.29, 1.82) is 0 Å². The van der Waals surface area contributed by atoms with Gasteiger partial charge in [0.25, 0.3) is 0 Å². The van der Waals surface area contributed by atoms with Crippen LogP contribution in [0.2, 0.25) is 0 Å². The maximum atomic E-state index is 11.7. The van der Waals surface area contributed by atoms with E-state index in [1.54, 1.807) is 20.8 Å².